The molecule has 0 aromatic heterocycles. The standard InChI is InChI=1S/C14H29N3O/c1-11-6-9-17(10-12(11)2)8-5-7-14(3,4)13(15)16-18/h11-12,18H,5-10H2,1-4H3,(H2,15,16). The number of oxime groups is 1. The van der Waals surface area contributed by atoms with Crippen molar-refractivity contribution in [3.05, 3.63) is 0 Å². The minimum absolute atomic E-state index is 0.205. The van der Waals surface area contributed by atoms with Crippen LogP contribution >= 0.6 is 0 Å². The van der Waals surface area contributed by atoms with Gasteiger partial charge < -0.3 is 15.8 Å². The Labute approximate surface area is 111 Å². The lowest BCUT2D eigenvalue weighted by Crippen LogP contribution is -2.39. The molecule has 0 saturated carbocycles. The zero-order valence-corrected chi connectivity index (χ0v) is 12.3. The molecule has 18 heavy (non-hydrogen) atoms. The van der Waals surface area contributed by atoms with Gasteiger partial charge in [0.05, 0.1) is 0 Å². The molecule has 1 heterocycles. The second kappa shape index (κ2) is 6.41. The average Bonchev–Trinajstić information content (AvgIpc) is 2.32. The lowest BCUT2D eigenvalue weighted by molar-refractivity contribution is 0.134. The lowest BCUT2D eigenvalue weighted by atomic mass is 9.85. The fourth-order valence-corrected chi connectivity index (χ4v) is 2.56. The first-order valence-electron chi connectivity index (χ1n) is 7.07. The second-order valence-corrected chi connectivity index (χ2v) is 6.52. The van der Waals surface area contributed by atoms with Gasteiger partial charge in [0.2, 0.25) is 0 Å². The van der Waals surface area contributed by atoms with Crippen molar-refractivity contribution < 1.29 is 5.21 Å². The van der Waals surface area contributed by atoms with E-state index in [1.807, 2.05) is 13.8 Å². The van der Waals surface area contributed by atoms with Gasteiger partial charge in [-0.3, -0.25) is 0 Å². The first-order chi connectivity index (χ1) is 8.36. The van der Waals surface area contributed by atoms with E-state index in [4.69, 9.17) is 10.9 Å². The molecular weight excluding hydrogens is 226 g/mol. The Kier molecular flexibility index (Phi) is 5.45. The number of hydrogen-bond acceptors (Lipinski definition) is 3. The molecule has 2 atom stereocenters. The maximum Gasteiger partial charge on any atom is 0.144 e. The predicted molar refractivity (Wildman–Crippen MR) is 75.8 cm³/mol. The summed E-state index contributed by atoms with van der Waals surface area (Å²) in [5, 5.41) is 11.9. The maximum atomic E-state index is 8.73. The van der Waals surface area contributed by atoms with E-state index < -0.39 is 0 Å². The fraction of sp³-hybridized carbons (Fsp3) is 0.929. The van der Waals surface area contributed by atoms with Gasteiger partial charge in [0.25, 0.3) is 0 Å². The van der Waals surface area contributed by atoms with Crippen LogP contribution in [0, 0.1) is 17.3 Å². The van der Waals surface area contributed by atoms with E-state index in [-0.39, 0.29) is 5.41 Å². The summed E-state index contributed by atoms with van der Waals surface area (Å²) in [6, 6.07) is 0. The van der Waals surface area contributed by atoms with Gasteiger partial charge in [0.15, 0.2) is 0 Å². The number of likely N-dealkylation sites (tertiary alicyclic amines) is 1. The summed E-state index contributed by atoms with van der Waals surface area (Å²) in [6.45, 7) is 12.3. The Morgan fingerprint density at radius 1 is 1.39 bits per heavy atom. The van der Waals surface area contributed by atoms with Gasteiger partial charge in [-0.25, -0.2) is 0 Å². The maximum absolute atomic E-state index is 8.73. The van der Waals surface area contributed by atoms with Crippen LogP contribution < -0.4 is 5.73 Å². The van der Waals surface area contributed by atoms with Gasteiger partial charge in [-0.05, 0) is 44.2 Å². The summed E-state index contributed by atoms with van der Waals surface area (Å²) in [4.78, 5) is 2.55. The highest BCUT2D eigenvalue weighted by atomic mass is 16.4. The van der Waals surface area contributed by atoms with Crippen LogP contribution in [0.25, 0.3) is 0 Å². The van der Waals surface area contributed by atoms with Crippen molar-refractivity contribution in [3.63, 3.8) is 0 Å². The quantitative estimate of drug-likeness (QED) is 0.343. The molecule has 0 aliphatic carbocycles. The molecule has 1 aliphatic heterocycles. The van der Waals surface area contributed by atoms with Crippen LogP contribution in [0.2, 0.25) is 0 Å². The molecule has 0 aromatic rings. The summed E-state index contributed by atoms with van der Waals surface area (Å²) >= 11 is 0. The summed E-state index contributed by atoms with van der Waals surface area (Å²) in [6.07, 6.45) is 3.37. The molecule has 106 valence electrons. The van der Waals surface area contributed by atoms with Gasteiger partial charge in [0, 0.05) is 12.0 Å². The van der Waals surface area contributed by atoms with Gasteiger partial charge in [0.1, 0.15) is 5.84 Å². The Morgan fingerprint density at radius 2 is 2.06 bits per heavy atom. The third-order valence-corrected chi connectivity index (χ3v) is 4.50. The molecule has 1 saturated heterocycles. The second-order valence-electron chi connectivity index (χ2n) is 6.52. The van der Waals surface area contributed by atoms with Crippen molar-refractivity contribution in [2.75, 3.05) is 19.6 Å². The molecule has 3 N–H and O–H groups in total. The van der Waals surface area contributed by atoms with Crippen molar-refractivity contribution in [1.29, 1.82) is 0 Å². The molecule has 1 fully saturated rings. The number of nitrogens with two attached hydrogens (primary N) is 1. The molecule has 0 spiro atoms. The van der Waals surface area contributed by atoms with Crippen molar-refractivity contribution in [2.24, 2.45) is 28.1 Å². The average molecular weight is 255 g/mol. The number of amidine groups is 1. The van der Waals surface area contributed by atoms with Crippen LogP contribution in [0.1, 0.15) is 47.0 Å². The normalized spacial score (nSPS) is 27.4. The number of nitrogens with zero attached hydrogens (tertiary/aromatic N) is 2. The van der Waals surface area contributed by atoms with Gasteiger partial charge >= 0.3 is 0 Å². The van der Waals surface area contributed by atoms with E-state index >= 15 is 0 Å². The Hall–Kier alpha value is -0.770. The predicted octanol–water partition coefficient (Wildman–Crippen LogP) is 2.52. The van der Waals surface area contributed by atoms with E-state index in [9.17, 15) is 0 Å². The van der Waals surface area contributed by atoms with Gasteiger partial charge in [-0.15, -0.1) is 0 Å². The topological polar surface area (TPSA) is 61.8 Å². The molecule has 0 bridgehead atoms. The zero-order valence-electron chi connectivity index (χ0n) is 12.3. The summed E-state index contributed by atoms with van der Waals surface area (Å²) < 4.78 is 0. The largest absolute Gasteiger partial charge is 0.409 e. The van der Waals surface area contributed by atoms with E-state index in [0.29, 0.717) is 5.84 Å². The van der Waals surface area contributed by atoms with E-state index in [2.05, 4.69) is 23.9 Å². The van der Waals surface area contributed by atoms with Gasteiger partial charge in [-0.2, -0.15) is 0 Å². The Balaban J connectivity index is 2.30. The molecule has 1 aliphatic rings. The van der Waals surface area contributed by atoms with E-state index in [0.717, 1.165) is 31.2 Å². The Bertz CT molecular complexity index is 289. The van der Waals surface area contributed by atoms with Crippen LogP contribution in [0.15, 0.2) is 5.16 Å². The molecule has 4 heteroatoms. The SMILES string of the molecule is CC1CCN(CCCC(C)(C)C(N)=NO)CC1C. The highest BCUT2D eigenvalue weighted by molar-refractivity contribution is 5.85. The molecule has 0 radical (unpaired) electrons. The minimum Gasteiger partial charge on any atom is -0.409 e. The highest BCUT2D eigenvalue weighted by Crippen LogP contribution is 2.25. The zero-order chi connectivity index (χ0) is 13.8. The molecule has 2 unspecified atom stereocenters. The number of rotatable bonds is 5. The Morgan fingerprint density at radius 3 is 2.61 bits per heavy atom. The first kappa shape index (κ1) is 15.3. The molecule has 1 rings (SSSR count). The highest BCUT2D eigenvalue weighted by Gasteiger charge is 2.25. The number of hydrogen-bond donors (Lipinski definition) is 2. The molecule has 4 nitrogen and oxygen atoms in total. The van der Waals surface area contributed by atoms with Crippen LogP contribution in [-0.4, -0.2) is 35.6 Å². The summed E-state index contributed by atoms with van der Waals surface area (Å²) in [7, 11) is 0. The van der Waals surface area contributed by atoms with Crippen LogP contribution in [-0.2, 0) is 0 Å². The number of piperidine rings is 1. The third kappa shape index (κ3) is 4.16. The van der Waals surface area contributed by atoms with Crippen LogP contribution in [0.5, 0.6) is 0 Å². The first-order valence-corrected chi connectivity index (χ1v) is 7.07. The van der Waals surface area contributed by atoms with Crippen molar-refractivity contribution in [3.8, 4) is 0 Å². The monoisotopic (exact) mass is 255 g/mol. The van der Waals surface area contributed by atoms with Crippen molar-refractivity contribution in [1.82, 2.24) is 4.90 Å². The molecular formula is C14H29N3O. The third-order valence-electron chi connectivity index (χ3n) is 4.50. The van der Waals surface area contributed by atoms with E-state index in [1.54, 1.807) is 0 Å². The van der Waals surface area contributed by atoms with Crippen molar-refractivity contribution in [2.45, 2.75) is 47.0 Å². The lowest BCUT2D eigenvalue weighted by Gasteiger charge is -2.35. The smallest absolute Gasteiger partial charge is 0.144 e. The fourth-order valence-electron chi connectivity index (χ4n) is 2.56. The van der Waals surface area contributed by atoms with Crippen molar-refractivity contribution >= 4 is 5.84 Å². The van der Waals surface area contributed by atoms with Crippen LogP contribution in [0.3, 0.4) is 0 Å². The molecule has 0 aromatic carbocycles. The summed E-state index contributed by atoms with van der Waals surface area (Å²) in [5.74, 6) is 1.99. The summed E-state index contributed by atoms with van der Waals surface area (Å²) in [5.41, 5.74) is 5.49. The minimum atomic E-state index is -0.205. The van der Waals surface area contributed by atoms with Crippen LogP contribution in [0.4, 0.5) is 0 Å². The molecule has 0 amide bonds. The van der Waals surface area contributed by atoms with E-state index in [1.165, 1.54) is 19.5 Å². The van der Waals surface area contributed by atoms with Gasteiger partial charge in [-0.1, -0.05) is 32.9 Å².